The Morgan fingerprint density at radius 3 is 2.39 bits per heavy atom. The van der Waals surface area contributed by atoms with Gasteiger partial charge in [0.05, 0.1) is 29.8 Å². The Hall–Kier alpha value is -2.83. The van der Waals surface area contributed by atoms with E-state index < -0.39 is 11.9 Å². The summed E-state index contributed by atoms with van der Waals surface area (Å²) in [6.45, 7) is 10.4. The second kappa shape index (κ2) is 8.91. The molecule has 0 spiro atoms. The van der Waals surface area contributed by atoms with Crippen molar-refractivity contribution in [2.75, 3.05) is 13.2 Å². The van der Waals surface area contributed by atoms with Crippen molar-refractivity contribution >= 4 is 11.9 Å². The largest absolute Gasteiger partial charge is 0.494 e. The SMILES string of the molecule is CCOc1ccc(CC(CNC(=O)c2cnn(C(C)(C)C)c2C)C(=O)O)cc1. The van der Waals surface area contributed by atoms with Gasteiger partial charge in [-0.25, -0.2) is 0 Å². The second-order valence-electron chi connectivity index (χ2n) is 7.75. The van der Waals surface area contributed by atoms with Crippen LogP contribution in [-0.2, 0) is 16.8 Å². The van der Waals surface area contributed by atoms with Crippen LogP contribution in [0.2, 0.25) is 0 Å². The Bertz CT molecular complexity index is 819. The van der Waals surface area contributed by atoms with Crippen LogP contribution in [0.4, 0.5) is 0 Å². The summed E-state index contributed by atoms with van der Waals surface area (Å²) in [7, 11) is 0. The van der Waals surface area contributed by atoms with Crippen LogP contribution < -0.4 is 10.1 Å². The van der Waals surface area contributed by atoms with Gasteiger partial charge in [0.2, 0.25) is 0 Å². The van der Waals surface area contributed by atoms with E-state index in [0.717, 1.165) is 17.0 Å². The molecule has 1 unspecified atom stereocenters. The van der Waals surface area contributed by atoms with E-state index in [1.165, 1.54) is 6.20 Å². The van der Waals surface area contributed by atoms with Crippen molar-refractivity contribution in [1.82, 2.24) is 15.1 Å². The van der Waals surface area contributed by atoms with E-state index >= 15 is 0 Å². The number of nitrogens with one attached hydrogen (secondary N) is 1. The molecule has 0 aliphatic rings. The van der Waals surface area contributed by atoms with Crippen LogP contribution in [0.15, 0.2) is 30.5 Å². The predicted molar refractivity (Wildman–Crippen MR) is 107 cm³/mol. The van der Waals surface area contributed by atoms with Gasteiger partial charge in [0, 0.05) is 12.2 Å². The predicted octanol–water partition coefficient (Wildman–Crippen LogP) is 3.02. The van der Waals surface area contributed by atoms with E-state index in [1.54, 1.807) is 4.68 Å². The van der Waals surface area contributed by atoms with Crippen molar-refractivity contribution in [3.05, 3.63) is 47.3 Å². The maximum Gasteiger partial charge on any atom is 0.308 e. The topological polar surface area (TPSA) is 93.5 Å². The van der Waals surface area contributed by atoms with Crippen molar-refractivity contribution in [1.29, 1.82) is 0 Å². The number of amides is 1. The van der Waals surface area contributed by atoms with Crippen molar-refractivity contribution < 1.29 is 19.4 Å². The molecule has 1 aromatic heterocycles. The minimum Gasteiger partial charge on any atom is -0.494 e. The summed E-state index contributed by atoms with van der Waals surface area (Å²) in [6, 6.07) is 7.34. The fourth-order valence-corrected chi connectivity index (χ4v) is 3.04. The van der Waals surface area contributed by atoms with Crippen molar-refractivity contribution in [3.63, 3.8) is 0 Å². The quantitative estimate of drug-likeness (QED) is 0.726. The number of ether oxygens (including phenoxy) is 1. The summed E-state index contributed by atoms with van der Waals surface area (Å²) in [5.41, 5.74) is 1.85. The van der Waals surface area contributed by atoms with E-state index in [2.05, 4.69) is 10.4 Å². The number of carbonyl (C=O) groups is 2. The number of carboxylic acid groups (broad SMARTS) is 1. The third-order valence-electron chi connectivity index (χ3n) is 4.46. The number of aromatic nitrogens is 2. The van der Waals surface area contributed by atoms with Crippen LogP contribution >= 0.6 is 0 Å². The monoisotopic (exact) mass is 387 g/mol. The van der Waals surface area contributed by atoms with Crippen molar-refractivity contribution in [2.24, 2.45) is 5.92 Å². The molecular weight excluding hydrogens is 358 g/mol. The third-order valence-corrected chi connectivity index (χ3v) is 4.46. The summed E-state index contributed by atoms with van der Waals surface area (Å²) in [5.74, 6) is -1.24. The fraction of sp³-hybridized carbons (Fsp3) is 0.476. The molecule has 2 N–H and O–H groups in total. The summed E-state index contributed by atoms with van der Waals surface area (Å²) in [5, 5.41) is 16.6. The van der Waals surface area contributed by atoms with Gasteiger partial charge in [-0.15, -0.1) is 0 Å². The molecule has 0 radical (unpaired) electrons. The van der Waals surface area contributed by atoms with E-state index in [9.17, 15) is 14.7 Å². The van der Waals surface area contributed by atoms with Gasteiger partial charge >= 0.3 is 5.97 Å². The van der Waals surface area contributed by atoms with E-state index in [4.69, 9.17) is 4.74 Å². The molecular formula is C21H29N3O4. The highest BCUT2D eigenvalue weighted by Gasteiger charge is 2.23. The zero-order valence-electron chi connectivity index (χ0n) is 17.2. The standard InChI is InChI=1S/C21H29N3O4/c1-6-28-17-9-7-15(8-10-17)11-16(20(26)27)12-22-19(25)18-13-23-24(14(18)2)21(3,4)5/h7-10,13,16H,6,11-12H2,1-5H3,(H,22,25)(H,26,27). The lowest BCUT2D eigenvalue weighted by molar-refractivity contribution is -0.141. The van der Waals surface area contributed by atoms with Gasteiger partial charge < -0.3 is 15.2 Å². The number of nitrogens with zero attached hydrogens (tertiary/aromatic N) is 2. The van der Waals surface area contributed by atoms with Gasteiger partial charge in [-0.2, -0.15) is 5.10 Å². The Morgan fingerprint density at radius 2 is 1.89 bits per heavy atom. The fourth-order valence-electron chi connectivity index (χ4n) is 3.04. The number of hydrogen-bond donors (Lipinski definition) is 2. The van der Waals surface area contributed by atoms with E-state index in [1.807, 2.05) is 58.9 Å². The molecule has 2 aromatic rings. The first-order valence-electron chi connectivity index (χ1n) is 9.41. The molecule has 0 aliphatic carbocycles. The molecule has 1 heterocycles. The number of carboxylic acids is 1. The van der Waals surface area contributed by atoms with Crippen LogP contribution in [0.5, 0.6) is 5.75 Å². The number of carbonyl (C=O) groups excluding carboxylic acids is 1. The molecule has 7 nitrogen and oxygen atoms in total. The van der Waals surface area contributed by atoms with Crippen molar-refractivity contribution in [3.8, 4) is 5.75 Å². The molecule has 1 aromatic carbocycles. The molecule has 0 aliphatic heterocycles. The average molecular weight is 387 g/mol. The highest BCUT2D eigenvalue weighted by Crippen LogP contribution is 2.19. The smallest absolute Gasteiger partial charge is 0.308 e. The average Bonchev–Trinajstić information content (AvgIpc) is 3.01. The molecule has 7 heteroatoms. The molecule has 1 atom stereocenters. The van der Waals surface area contributed by atoms with Crippen LogP contribution in [0.1, 0.15) is 49.3 Å². The first-order valence-corrected chi connectivity index (χ1v) is 9.41. The molecule has 1 amide bonds. The summed E-state index contributed by atoms with van der Waals surface area (Å²) < 4.78 is 7.19. The molecule has 0 saturated carbocycles. The zero-order valence-corrected chi connectivity index (χ0v) is 17.2. The van der Waals surface area contributed by atoms with E-state index in [0.29, 0.717) is 18.6 Å². The summed E-state index contributed by atoms with van der Waals surface area (Å²) >= 11 is 0. The second-order valence-corrected chi connectivity index (χ2v) is 7.75. The maximum absolute atomic E-state index is 12.5. The molecule has 152 valence electrons. The zero-order chi connectivity index (χ0) is 20.9. The lowest BCUT2D eigenvalue weighted by Gasteiger charge is -2.21. The Balaban J connectivity index is 2.02. The lowest BCUT2D eigenvalue weighted by atomic mass is 9.99. The van der Waals surface area contributed by atoms with Gasteiger partial charge in [0.25, 0.3) is 5.91 Å². The van der Waals surface area contributed by atoms with Crippen LogP contribution in [0, 0.1) is 12.8 Å². The Kier molecular flexibility index (Phi) is 6.83. The first-order chi connectivity index (χ1) is 13.1. The molecule has 0 saturated heterocycles. The van der Waals surface area contributed by atoms with Gasteiger partial charge in [-0.3, -0.25) is 14.3 Å². The number of hydrogen-bond acceptors (Lipinski definition) is 4. The van der Waals surface area contributed by atoms with Gasteiger partial charge in [-0.1, -0.05) is 12.1 Å². The normalized spacial score (nSPS) is 12.5. The third kappa shape index (κ3) is 5.34. The first kappa shape index (κ1) is 21.5. The molecule has 2 rings (SSSR count). The molecule has 0 bridgehead atoms. The molecule has 28 heavy (non-hydrogen) atoms. The lowest BCUT2D eigenvalue weighted by Crippen LogP contribution is -2.34. The van der Waals surface area contributed by atoms with Crippen LogP contribution in [-0.4, -0.2) is 39.9 Å². The summed E-state index contributed by atoms with van der Waals surface area (Å²) in [6.07, 6.45) is 1.85. The Labute approximate surface area is 165 Å². The molecule has 0 fully saturated rings. The highest BCUT2D eigenvalue weighted by molar-refractivity contribution is 5.95. The summed E-state index contributed by atoms with van der Waals surface area (Å²) in [4.78, 5) is 24.2. The van der Waals surface area contributed by atoms with Gasteiger partial charge in [0.15, 0.2) is 0 Å². The van der Waals surface area contributed by atoms with Gasteiger partial charge in [-0.05, 0) is 58.7 Å². The Morgan fingerprint density at radius 1 is 1.25 bits per heavy atom. The number of rotatable bonds is 8. The number of aliphatic carboxylic acids is 1. The van der Waals surface area contributed by atoms with E-state index in [-0.39, 0.29) is 18.0 Å². The highest BCUT2D eigenvalue weighted by atomic mass is 16.5. The minimum absolute atomic E-state index is 0.0432. The number of benzene rings is 1. The van der Waals surface area contributed by atoms with Crippen LogP contribution in [0.25, 0.3) is 0 Å². The van der Waals surface area contributed by atoms with Crippen molar-refractivity contribution in [2.45, 2.75) is 46.6 Å². The van der Waals surface area contributed by atoms with Gasteiger partial charge in [0.1, 0.15) is 5.75 Å². The minimum atomic E-state index is -0.948. The van der Waals surface area contributed by atoms with Crippen LogP contribution in [0.3, 0.4) is 0 Å². The maximum atomic E-state index is 12.5.